The highest BCUT2D eigenvalue weighted by Gasteiger charge is 2.05. The molecule has 0 saturated heterocycles. The minimum atomic E-state index is -0.0348. The SMILES string of the molecule is CSc1ccc(CNC(=O)c2cccc(I)c2)cc1. The van der Waals surface area contributed by atoms with Crippen LogP contribution in [0.2, 0.25) is 0 Å². The van der Waals surface area contributed by atoms with Gasteiger partial charge in [-0.25, -0.2) is 0 Å². The zero-order chi connectivity index (χ0) is 13.7. The molecule has 2 aromatic rings. The predicted octanol–water partition coefficient (Wildman–Crippen LogP) is 3.94. The first-order valence-electron chi connectivity index (χ1n) is 5.86. The second-order valence-corrected chi connectivity index (χ2v) is 6.17. The maximum atomic E-state index is 12.0. The molecule has 0 heterocycles. The first kappa shape index (κ1) is 14.4. The van der Waals surface area contributed by atoms with Crippen molar-refractivity contribution in [3.63, 3.8) is 0 Å². The number of rotatable bonds is 4. The summed E-state index contributed by atoms with van der Waals surface area (Å²) in [4.78, 5) is 13.2. The van der Waals surface area contributed by atoms with Crippen molar-refractivity contribution >= 4 is 40.3 Å². The van der Waals surface area contributed by atoms with E-state index in [1.165, 1.54) is 4.90 Å². The number of carbonyl (C=O) groups is 1. The van der Waals surface area contributed by atoms with Gasteiger partial charge < -0.3 is 5.32 Å². The van der Waals surface area contributed by atoms with E-state index in [4.69, 9.17) is 0 Å². The molecule has 0 atom stereocenters. The van der Waals surface area contributed by atoms with Crippen LogP contribution in [0.4, 0.5) is 0 Å². The van der Waals surface area contributed by atoms with E-state index in [2.05, 4.69) is 40.0 Å². The lowest BCUT2D eigenvalue weighted by Gasteiger charge is -2.06. The summed E-state index contributed by atoms with van der Waals surface area (Å²) in [5.74, 6) is -0.0348. The fourth-order valence-electron chi connectivity index (χ4n) is 1.66. The summed E-state index contributed by atoms with van der Waals surface area (Å²) in [5, 5.41) is 2.93. The second-order valence-electron chi connectivity index (χ2n) is 4.04. The van der Waals surface area contributed by atoms with Gasteiger partial charge in [0.2, 0.25) is 0 Å². The largest absolute Gasteiger partial charge is 0.348 e. The number of halogens is 1. The predicted molar refractivity (Wildman–Crippen MR) is 88.6 cm³/mol. The molecule has 0 aliphatic carbocycles. The summed E-state index contributed by atoms with van der Waals surface area (Å²) in [6.45, 7) is 0.555. The van der Waals surface area contributed by atoms with Gasteiger partial charge in [0.05, 0.1) is 0 Å². The highest BCUT2D eigenvalue weighted by Crippen LogP contribution is 2.15. The Bertz CT molecular complexity index is 569. The number of hydrogen-bond donors (Lipinski definition) is 1. The van der Waals surface area contributed by atoms with E-state index in [1.54, 1.807) is 11.8 Å². The molecule has 0 unspecified atom stereocenters. The molecule has 1 amide bonds. The van der Waals surface area contributed by atoms with Crippen molar-refractivity contribution in [2.45, 2.75) is 11.4 Å². The quantitative estimate of drug-likeness (QED) is 0.640. The van der Waals surface area contributed by atoms with Gasteiger partial charge in [0, 0.05) is 20.6 Å². The van der Waals surface area contributed by atoms with Gasteiger partial charge in [-0.3, -0.25) is 4.79 Å². The molecule has 98 valence electrons. The Balaban J connectivity index is 1.96. The monoisotopic (exact) mass is 383 g/mol. The Labute approximate surface area is 131 Å². The van der Waals surface area contributed by atoms with Crippen LogP contribution in [-0.4, -0.2) is 12.2 Å². The lowest BCUT2D eigenvalue weighted by molar-refractivity contribution is 0.0951. The molecule has 0 fully saturated rings. The number of benzene rings is 2. The third-order valence-electron chi connectivity index (χ3n) is 2.70. The number of amides is 1. The Kier molecular flexibility index (Phi) is 5.27. The van der Waals surface area contributed by atoms with Crippen LogP contribution in [0.5, 0.6) is 0 Å². The molecule has 0 aromatic heterocycles. The fraction of sp³-hybridized carbons (Fsp3) is 0.133. The van der Waals surface area contributed by atoms with Crippen LogP contribution in [0.15, 0.2) is 53.4 Å². The Morgan fingerprint density at radius 1 is 1.21 bits per heavy atom. The van der Waals surface area contributed by atoms with Crippen LogP contribution in [0.1, 0.15) is 15.9 Å². The molecule has 0 saturated carbocycles. The van der Waals surface area contributed by atoms with Crippen LogP contribution in [0.3, 0.4) is 0 Å². The summed E-state index contributed by atoms with van der Waals surface area (Å²) in [6.07, 6.45) is 2.05. The van der Waals surface area contributed by atoms with Gasteiger partial charge in [-0.05, 0) is 64.7 Å². The van der Waals surface area contributed by atoms with Crippen LogP contribution >= 0.6 is 34.4 Å². The fourth-order valence-corrected chi connectivity index (χ4v) is 2.61. The number of carbonyl (C=O) groups excluding carboxylic acids is 1. The van der Waals surface area contributed by atoms with E-state index in [9.17, 15) is 4.79 Å². The first-order valence-corrected chi connectivity index (χ1v) is 8.16. The van der Waals surface area contributed by atoms with E-state index >= 15 is 0 Å². The highest BCUT2D eigenvalue weighted by molar-refractivity contribution is 14.1. The van der Waals surface area contributed by atoms with E-state index in [-0.39, 0.29) is 5.91 Å². The number of nitrogens with one attached hydrogen (secondary N) is 1. The topological polar surface area (TPSA) is 29.1 Å². The maximum absolute atomic E-state index is 12.0. The minimum absolute atomic E-state index is 0.0348. The van der Waals surface area contributed by atoms with Crippen molar-refractivity contribution in [2.75, 3.05) is 6.26 Å². The average molecular weight is 383 g/mol. The van der Waals surface area contributed by atoms with Gasteiger partial charge in [0.25, 0.3) is 5.91 Å². The number of hydrogen-bond acceptors (Lipinski definition) is 2. The summed E-state index contributed by atoms with van der Waals surface area (Å²) in [6, 6.07) is 15.8. The lowest BCUT2D eigenvalue weighted by atomic mass is 10.2. The molecular weight excluding hydrogens is 369 g/mol. The first-order chi connectivity index (χ1) is 9.19. The second kappa shape index (κ2) is 6.96. The molecule has 0 radical (unpaired) electrons. The molecule has 0 aliphatic heterocycles. The average Bonchev–Trinajstić information content (AvgIpc) is 2.45. The molecular formula is C15H14INOS. The molecule has 2 rings (SSSR count). The highest BCUT2D eigenvalue weighted by atomic mass is 127. The Morgan fingerprint density at radius 2 is 1.95 bits per heavy atom. The van der Waals surface area contributed by atoms with Gasteiger partial charge in [0.15, 0.2) is 0 Å². The van der Waals surface area contributed by atoms with Crippen LogP contribution < -0.4 is 5.32 Å². The number of thioether (sulfide) groups is 1. The summed E-state index contributed by atoms with van der Waals surface area (Å²) in [5.41, 5.74) is 1.81. The van der Waals surface area contributed by atoms with Gasteiger partial charge in [-0.2, -0.15) is 0 Å². The standard InChI is InChI=1S/C15H14INOS/c1-19-14-7-5-11(6-8-14)10-17-15(18)12-3-2-4-13(16)9-12/h2-9H,10H2,1H3,(H,17,18). The van der Waals surface area contributed by atoms with Crippen molar-refractivity contribution in [1.82, 2.24) is 5.32 Å². The van der Waals surface area contributed by atoms with Gasteiger partial charge >= 0.3 is 0 Å². The van der Waals surface area contributed by atoms with E-state index in [0.717, 1.165) is 9.13 Å². The summed E-state index contributed by atoms with van der Waals surface area (Å²) in [7, 11) is 0. The van der Waals surface area contributed by atoms with Gasteiger partial charge in [0.1, 0.15) is 0 Å². The van der Waals surface area contributed by atoms with Gasteiger partial charge in [-0.1, -0.05) is 18.2 Å². The molecule has 0 aliphatic rings. The lowest BCUT2D eigenvalue weighted by Crippen LogP contribution is -2.22. The zero-order valence-electron chi connectivity index (χ0n) is 10.5. The maximum Gasteiger partial charge on any atom is 0.251 e. The van der Waals surface area contributed by atoms with Crippen molar-refractivity contribution in [1.29, 1.82) is 0 Å². The smallest absolute Gasteiger partial charge is 0.251 e. The minimum Gasteiger partial charge on any atom is -0.348 e. The van der Waals surface area contributed by atoms with Crippen molar-refractivity contribution < 1.29 is 4.79 Å². The Morgan fingerprint density at radius 3 is 2.58 bits per heavy atom. The summed E-state index contributed by atoms with van der Waals surface area (Å²) >= 11 is 3.92. The molecule has 19 heavy (non-hydrogen) atoms. The van der Waals surface area contributed by atoms with E-state index in [0.29, 0.717) is 12.1 Å². The van der Waals surface area contributed by atoms with Crippen LogP contribution in [0.25, 0.3) is 0 Å². The molecule has 1 N–H and O–H groups in total. The van der Waals surface area contributed by atoms with Crippen LogP contribution in [-0.2, 0) is 6.54 Å². The van der Waals surface area contributed by atoms with Crippen molar-refractivity contribution in [3.8, 4) is 0 Å². The van der Waals surface area contributed by atoms with Gasteiger partial charge in [-0.15, -0.1) is 11.8 Å². The molecule has 0 bridgehead atoms. The molecule has 2 nitrogen and oxygen atoms in total. The summed E-state index contributed by atoms with van der Waals surface area (Å²) < 4.78 is 1.06. The van der Waals surface area contributed by atoms with E-state index in [1.807, 2.05) is 42.7 Å². The Hall–Kier alpha value is -1.01. The van der Waals surface area contributed by atoms with Crippen LogP contribution in [0, 0.1) is 3.57 Å². The van der Waals surface area contributed by atoms with Crippen molar-refractivity contribution in [2.24, 2.45) is 0 Å². The third kappa shape index (κ3) is 4.24. The molecule has 2 aromatic carbocycles. The van der Waals surface area contributed by atoms with Crippen molar-refractivity contribution in [3.05, 3.63) is 63.2 Å². The zero-order valence-corrected chi connectivity index (χ0v) is 13.5. The molecule has 0 spiro atoms. The normalized spacial score (nSPS) is 10.2. The molecule has 4 heteroatoms. The third-order valence-corrected chi connectivity index (χ3v) is 4.11. The van der Waals surface area contributed by atoms with E-state index < -0.39 is 0 Å².